The van der Waals surface area contributed by atoms with Crippen LogP contribution in [0.25, 0.3) is 54.4 Å². The van der Waals surface area contributed by atoms with E-state index in [1.165, 1.54) is 61.5 Å². The van der Waals surface area contributed by atoms with Gasteiger partial charge in [0.15, 0.2) is 20.5 Å². The predicted octanol–water partition coefficient (Wildman–Crippen LogP) is 19.4. The van der Waals surface area contributed by atoms with Crippen LogP contribution in [-0.4, -0.2) is 102 Å². The first kappa shape index (κ1) is 84.6. The number of aromatic nitrogens is 5. The number of aryl methyl sites for hydroxylation is 5. The minimum absolute atomic E-state index is 0.115. The number of pyridine rings is 1. The van der Waals surface area contributed by atoms with Gasteiger partial charge in [-0.05, 0) is 195 Å². The summed E-state index contributed by atoms with van der Waals surface area (Å²) in [5.74, 6) is -2.71. The summed E-state index contributed by atoms with van der Waals surface area (Å²) in [6.07, 6.45) is 3.07. The Kier molecular flexibility index (Phi) is 27.0. The topological polar surface area (TPSA) is 284 Å². The summed E-state index contributed by atoms with van der Waals surface area (Å²) in [5.41, 5.74) is 20.5. The zero-order valence-electron chi connectivity index (χ0n) is 63.7. The number of amides is 4. The van der Waals surface area contributed by atoms with Crippen LogP contribution in [0.4, 0.5) is 42.5 Å². The van der Waals surface area contributed by atoms with Crippen molar-refractivity contribution in [1.82, 2.24) is 46.8 Å². The molecule has 13 aromatic rings. The van der Waals surface area contributed by atoms with Crippen molar-refractivity contribution in [2.24, 2.45) is 0 Å². The molecule has 6 aromatic heterocycles. The van der Waals surface area contributed by atoms with Gasteiger partial charge in [0.1, 0.15) is 23.1 Å². The van der Waals surface area contributed by atoms with Crippen LogP contribution in [0.1, 0.15) is 130 Å². The maximum Gasteiger partial charge on any atom is 0.433 e. The molecule has 8 N–H and O–H groups in total. The van der Waals surface area contributed by atoms with Gasteiger partial charge in [0.25, 0.3) is 23.6 Å². The molecule has 0 radical (unpaired) electrons. The summed E-state index contributed by atoms with van der Waals surface area (Å²) >= 11 is 20.1. The number of alkyl halides is 3. The molecule has 34 heteroatoms. The molecule has 22 nitrogen and oxygen atoms in total. The largest absolute Gasteiger partial charge is 0.493 e. The van der Waals surface area contributed by atoms with Crippen LogP contribution in [0.15, 0.2) is 167 Å². The second kappa shape index (κ2) is 38.0. The lowest BCUT2D eigenvalue weighted by atomic mass is 9.99. The third-order valence-corrected chi connectivity index (χ3v) is 25.8. The van der Waals surface area contributed by atoms with Crippen LogP contribution < -0.4 is 46.3 Å². The number of hydrogen-bond donors (Lipinski definition) is 8. The van der Waals surface area contributed by atoms with Gasteiger partial charge in [-0.25, -0.2) is 50.6 Å². The van der Waals surface area contributed by atoms with Gasteiger partial charge in [0, 0.05) is 150 Å². The van der Waals surface area contributed by atoms with Crippen molar-refractivity contribution in [2.75, 3.05) is 52.4 Å². The van der Waals surface area contributed by atoms with E-state index in [0.29, 0.717) is 94.9 Å². The number of rotatable bonds is 14. The summed E-state index contributed by atoms with van der Waals surface area (Å²) in [6, 6.07) is 40.4. The molecule has 0 spiro atoms. The average molecular weight is 1750 g/mol. The zero-order chi connectivity index (χ0) is 83.6. The molecular formula is C85H76Cl2F5N13O9S5. The maximum atomic E-state index is 14.8. The highest BCUT2D eigenvalue weighted by atomic mass is 35.5. The number of anilines is 4. The molecule has 119 heavy (non-hydrogen) atoms. The molecule has 4 aliphatic heterocycles. The lowest BCUT2D eigenvalue weighted by Crippen LogP contribution is -2.23. The molecule has 0 saturated carbocycles. The summed E-state index contributed by atoms with van der Waals surface area (Å²) in [4.78, 5) is 79.2. The minimum atomic E-state index is -4.47. The fourth-order valence-electron chi connectivity index (χ4n) is 14.5. The van der Waals surface area contributed by atoms with Crippen molar-refractivity contribution in [1.29, 1.82) is 0 Å². The molecule has 0 aliphatic carbocycles. The second-order valence-corrected chi connectivity index (χ2v) is 33.4. The number of thiazole rings is 4. The number of carbonyl (C=O) groups is 4. The fraction of sp³-hybridized carbons (Fsp3) is 0.235. The highest BCUT2D eigenvalue weighted by Gasteiger charge is 2.33. The molecule has 10 heterocycles. The number of carbonyl (C=O) groups excluding carboxylic acids is 4. The second-order valence-electron chi connectivity index (χ2n) is 28.1. The van der Waals surface area contributed by atoms with E-state index in [0.717, 1.165) is 159 Å². The predicted molar refractivity (Wildman–Crippen MR) is 454 cm³/mol. The number of nitrogens with one attached hydrogen (secondary N) is 4. The number of thiophene rings is 1. The first-order chi connectivity index (χ1) is 57.5. The lowest BCUT2D eigenvalue weighted by molar-refractivity contribution is -0.141. The van der Waals surface area contributed by atoms with Crippen molar-refractivity contribution >= 4 is 134 Å². The molecule has 0 fully saturated rings. The number of benzene rings is 7. The van der Waals surface area contributed by atoms with Gasteiger partial charge >= 0.3 is 6.18 Å². The van der Waals surface area contributed by atoms with E-state index in [1.54, 1.807) is 91.6 Å². The Hall–Kier alpha value is -10.9. The van der Waals surface area contributed by atoms with Crippen molar-refractivity contribution < 1.29 is 66.7 Å². The fourth-order valence-corrected chi connectivity index (χ4v) is 19.6. The maximum absolute atomic E-state index is 14.8. The first-order valence-electron chi connectivity index (χ1n) is 37.7. The number of ether oxygens (including phenoxy) is 1. The Labute approximate surface area is 709 Å². The van der Waals surface area contributed by atoms with E-state index in [4.69, 9.17) is 63.7 Å². The Morgan fingerprint density at radius 3 is 1.36 bits per heavy atom. The number of fused-ring (bicyclic) bond motifs is 5. The van der Waals surface area contributed by atoms with Crippen LogP contribution in [0.3, 0.4) is 0 Å². The molecule has 0 unspecified atom stereocenters. The SMILES string of the molecule is CCOc1cc(C(=O)NO)cc2c1CN(c1nc(-c3cccc(Cl)c3)cs1)CCC2.Cc1c(-c2csc(N3CCCc4cc(C(=O)NO)cc(F)c4C3)n2)sc2ccccc12.O=C(NO)c1cc(F)c2c(c1)CCCN(c1nc(-c3cccc(Cl)c3)cs1)C2.O=C(NO)c1ccc2c(c1)CCCN(c1nc(-c3ccc(C(F)(F)F)nc3)cs1)C2. The summed E-state index contributed by atoms with van der Waals surface area (Å²) in [6.45, 7) is 9.67. The first-order valence-corrected chi connectivity index (χ1v) is 42.8. The van der Waals surface area contributed by atoms with E-state index in [-0.39, 0.29) is 11.1 Å². The van der Waals surface area contributed by atoms with Crippen LogP contribution in [0.2, 0.25) is 10.0 Å². The monoisotopic (exact) mass is 1750 g/mol. The van der Waals surface area contributed by atoms with Gasteiger partial charge in [-0.3, -0.25) is 45.0 Å². The Morgan fingerprint density at radius 1 is 0.471 bits per heavy atom. The van der Waals surface area contributed by atoms with Crippen LogP contribution in [-0.2, 0) is 58.0 Å². The molecule has 4 amide bonds. The number of hydroxylamine groups is 4. The number of halogens is 7. The quantitative estimate of drug-likeness (QED) is 0.0285. The van der Waals surface area contributed by atoms with Crippen molar-refractivity contribution in [3.63, 3.8) is 0 Å². The summed E-state index contributed by atoms with van der Waals surface area (Å²) in [7, 11) is 0. The van der Waals surface area contributed by atoms with Gasteiger partial charge in [0.2, 0.25) is 0 Å². The Bertz CT molecular complexity index is 5890. The molecule has 17 rings (SSSR count). The standard InChI is InChI=1S/C23H20FN3O2S2.C22H22ClN3O3S.C20H17ClFN3O2S.C20H17F3N4O2S/c1-13-16-6-2-3-7-20(16)31-21(13)19-12-30-23(25-19)27-8-4-5-14-9-15(22(28)26-29)10-18(24)17(14)11-27;1-2-29-20-11-16(21(27)25-28)9-14-6-4-8-26(12-18(14)20)22-24-19(13-30-22)15-5-3-7-17(23)10-15;21-15-5-1-3-13(8-15)18-11-28-20(23-18)25-6-2-4-12-7-14(19(26)24-27)9-17(22)16(12)10-25;21-20(22,23)17-6-5-14(9-24-17)16-11-30-19(25-16)27-7-1-2-12-8-13(18(28)26-29)3-4-15(12)10-27/h2-3,6-7,9-10,12,29H,4-5,8,11H2,1H3,(H,26,28);3,5,7,9-11,13,28H,2,4,6,8,12H2,1H3,(H,25,27);1,3,5,7-9,11,27H,2,4,6,10H2,(H,24,26);3-6,8-9,11,29H,1-2,7,10H2,(H,26,28). The van der Waals surface area contributed by atoms with Gasteiger partial charge in [-0.15, -0.1) is 56.7 Å². The van der Waals surface area contributed by atoms with Gasteiger partial charge in [-0.2, -0.15) is 13.2 Å². The van der Waals surface area contributed by atoms with E-state index < -0.39 is 47.1 Å². The Morgan fingerprint density at radius 2 is 0.899 bits per heavy atom. The summed E-state index contributed by atoms with van der Waals surface area (Å²) < 4.78 is 74.7. The molecule has 0 atom stereocenters. The highest BCUT2D eigenvalue weighted by molar-refractivity contribution is 7.23. The third-order valence-electron chi connectivity index (χ3n) is 20.5. The Balaban J connectivity index is 0.000000130. The smallest absolute Gasteiger partial charge is 0.433 e. The van der Waals surface area contributed by atoms with E-state index in [2.05, 4.69) is 60.1 Å². The van der Waals surface area contributed by atoms with Gasteiger partial charge < -0.3 is 24.3 Å². The third kappa shape index (κ3) is 19.9. The van der Waals surface area contributed by atoms with Crippen molar-refractivity contribution in [2.45, 2.75) is 97.6 Å². The molecule has 614 valence electrons. The lowest BCUT2D eigenvalue weighted by Gasteiger charge is -2.21. The van der Waals surface area contributed by atoms with Gasteiger partial charge in [0.05, 0.1) is 34.3 Å². The molecule has 0 bridgehead atoms. The van der Waals surface area contributed by atoms with Crippen LogP contribution in [0.5, 0.6) is 5.75 Å². The van der Waals surface area contributed by atoms with Gasteiger partial charge in [-0.1, -0.05) is 71.7 Å². The number of nitrogens with zero attached hydrogens (tertiary/aromatic N) is 9. The summed E-state index contributed by atoms with van der Waals surface area (Å²) in [5, 5.41) is 49.4. The normalized spacial score (nSPS) is 13.8. The molecule has 4 aliphatic rings. The highest BCUT2D eigenvalue weighted by Crippen LogP contribution is 2.43. The van der Waals surface area contributed by atoms with Crippen LogP contribution >= 0.6 is 79.9 Å². The average Bonchev–Trinajstić information content (AvgIpc) is 1.66. The van der Waals surface area contributed by atoms with Crippen molar-refractivity contribution in [3.05, 3.63) is 267 Å². The van der Waals surface area contributed by atoms with E-state index in [9.17, 15) is 41.1 Å². The van der Waals surface area contributed by atoms with E-state index in [1.807, 2.05) is 84.4 Å². The zero-order valence-corrected chi connectivity index (χ0v) is 69.3. The molecular weight excluding hydrogens is 1670 g/mol. The number of hydrogen-bond acceptors (Lipinski definition) is 23. The molecule has 0 saturated heterocycles. The van der Waals surface area contributed by atoms with Crippen molar-refractivity contribution in [3.8, 4) is 50.1 Å². The van der Waals surface area contributed by atoms with E-state index >= 15 is 0 Å². The molecule has 7 aromatic carbocycles. The van der Waals surface area contributed by atoms with Crippen LogP contribution in [0, 0.1) is 18.6 Å². The minimum Gasteiger partial charge on any atom is -0.493 e.